The number of aromatic nitrogens is 1. The van der Waals surface area contributed by atoms with Gasteiger partial charge in [0.1, 0.15) is 34.3 Å². The van der Waals surface area contributed by atoms with Crippen LogP contribution in [0.4, 0.5) is 0 Å². The average Bonchev–Trinajstić information content (AvgIpc) is 3.82. The highest BCUT2D eigenvalue weighted by Gasteiger charge is 2.42. The van der Waals surface area contributed by atoms with Gasteiger partial charge in [-0.25, -0.2) is 0 Å². The topological polar surface area (TPSA) is 36.5 Å². The van der Waals surface area contributed by atoms with Crippen molar-refractivity contribution in [1.82, 2.24) is 4.57 Å². The molecule has 5 heteroatoms. The average molecular weight is 756 g/mol. The molecular formula is C54H34BNO3. The molecule has 0 amide bonds. The van der Waals surface area contributed by atoms with Gasteiger partial charge in [-0.1, -0.05) is 115 Å². The molecule has 8 aromatic carbocycles. The van der Waals surface area contributed by atoms with Crippen molar-refractivity contribution < 1.29 is 13.9 Å². The molecule has 276 valence electrons. The van der Waals surface area contributed by atoms with E-state index in [9.17, 15) is 0 Å². The van der Waals surface area contributed by atoms with Crippen LogP contribution in [0, 0.1) is 0 Å². The minimum Gasteiger partial charge on any atom is -0.458 e. The molecule has 4 heterocycles. The normalized spacial score (nSPS) is 13.5. The quantitative estimate of drug-likeness (QED) is 0.168. The summed E-state index contributed by atoms with van der Waals surface area (Å²) >= 11 is 0. The molecule has 1 aliphatic carbocycles. The lowest BCUT2D eigenvalue weighted by Crippen LogP contribution is -2.57. The van der Waals surface area contributed by atoms with Crippen molar-refractivity contribution >= 4 is 62.0 Å². The van der Waals surface area contributed by atoms with Crippen molar-refractivity contribution in [3.63, 3.8) is 0 Å². The van der Waals surface area contributed by atoms with E-state index < -0.39 is 0 Å². The minimum atomic E-state index is -0.116. The SMILES string of the molecule is C1=Cc2oc3cc4c(cc3c2CC1)B1c2cc3c5ccccc5n(-c5ccccc5)c3cc2Oc2cc(-c3cc(-c5ccccc5)cc(-c5ccccc5)c3)cc(c21)O4. The predicted molar refractivity (Wildman–Crippen MR) is 242 cm³/mol. The summed E-state index contributed by atoms with van der Waals surface area (Å²) in [6.45, 7) is -0.116. The monoisotopic (exact) mass is 755 g/mol. The number of fused-ring (bicyclic) bond motifs is 10. The van der Waals surface area contributed by atoms with Crippen LogP contribution in [0.2, 0.25) is 0 Å². The number of allylic oxidation sites excluding steroid dienone is 1. The molecule has 0 fully saturated rings. The van der Waals surface area contributed by atoms with Crippen LogP contribution in [0.25, 0.3) is 77.9 Å². The number of furan rings is 1. The van der Waals surface area contributed by atoms with E-state index in [0.717, 1.165) is 108 Å². The van der Waals surface area contributed by atoms with E-state index >= 15 is 0 Å². The Kier molecular flexibility index (Phi) is 6.90. The molecule has 0 N–H and O–H groups in total. The van der Waals surface area contributed by atoms with Crippen LogP contribution in [0.3, 0.4) is 0 Å². The number of para-hydroxylation sites is 2. The first-order valence-corrected chi connectivity index (χ1v) is 20.4. The fraction of sp³-hybridized carbons (Fsp3) is 0.0370. The van der Waals surface area contributed by atoms with E-state index in [2.05, 4.69) is 187 Å². The summed E-state index contributed by atoms with van der Waals surface area (Å²) in [5, 5.41) is 3.57. The van der Waals surface area contributed by atoms with E-state index in [4.69, 9.17) is 13.9 Å². The molecule has 13 rings (SSSR count). The van der Waals surface area contributed by atoms with E-state index in [1.54, 1.807) is 0 Å². The number of hydrogen-bond acceptors (Lipinski definition) is 3. The van der Waals surface area contributed by atoms with Crippen molar-refractivity contribution in [1.29, 1.82) is 0 Å². The standard InChI is InChI=1S/C54H34BNO3/c1-4-14-33(15-5-1)35-24-36(34-16-6-2-7-17-34)26-37(25-35)38-27-52-54-53(28-38)59-51-32-49-43(41-21-11-13-23-48(41)57-49)30-45(51)55(54)44-29-42-40-20-10-12-22-46(40)56(39-18-8-3-9-19-39)47(42)31-50(44)58-52/h1-10,12-20,22-32H,11,21H2. The second-order valence-electron chi connectivity index (χ2n) is 15.9. The molecular weight excluding hydrogens is 721 g/mol. The van der Waals surface area contributed by atoms with Crippen molar-refractivity contribution in [2.45, 2.75) is 12.8 Å². The molecule has 3 aliphatic rings. The lowest BCUT2D eigenvalue weighted by Gasteiger charge is -2.33. The van der Waals surface area contributed by atoms with Gasteiger partial charge >= 0.3 is 0 Å². The first kappa shape index (κ1) is 32.6. The Hall–Kier alpha value is -7.50. The van der Waals surface area contributed by atoms with Crippen LogP contribution in [-0.4, -0.2) is 11.3 Å². The third-order valence-electron chi connectivity index (χ3n) is 12.5. The molecule has 0 unspecified atom stereocenters. The lowest BCUT2D eigenvalue weighted by atomic mass is 9.34. The van der Waals surface area contributed by atoms with Gasteiger partial charge < -0.3 is 18.5 Å². The molecule has 10 aromatic rings. The molecule has 59 heavy (non-hydrogen) atoms. The maximum Gasteiger partial charge on any atom is 0.260 e. The molecule has 0 radical (unpaired) electrons. The largest absolute Gasteiger partial charge is 0.458 e. The summed E-state index contributed by atoms with van der Waals surface area (Å²) in [4.78, 5) is 0. The molecule has 0 spiro atoms. The molecule has 2 aromatic heterocycles. The molecule has 0 saturated carbocycles. The first-order valence-electron chi connectivity index (χ1n) is 20.4. The van der Waals surface area contributed by atoms with Gasteiger partial charge in [0, 0.05) is 45.0 Å². The smallest absolute Gasteiger partial charge is 0.260 e. The number of rotatable bonds is 4. The second kappa shape index (κ2) is 12.5. The Bertz CT molecular complexity index is 3320. The summed E-state index contributed by atoms with van der Waals surface area (Å²) in [6.07, 6.45) is 6.29. The fourth-order valence-corrected chi connectivity index (χ4v) is 9.84. The van der Waals surface area contributed by atoms with Crippen molar-refractivity contribution in [3.8, 4) is 62.1 Å². The zero-order chi connectivity index (χ0) is 38.6. The van der Waals surface area contributed by atoms with Gasteiger partial charge in [-0.05, 0) is 112 Å². The Balaban J connectivity index is 1.07. The Morgan fingerprint density at radius 3 is 1.73 bits per heavy atom. The summed E-state index contributed by atoms with van der Waals surface area (Å²) in [5.41, 5.74) is 15.6. The van der Waals surface area contributed by atoms with Crippen LogP contribution in [0.5, 0.6) is 23.0 Å². The van der Waals surface area contributed by atoms with Crippen molar-refractivity contribution in [3.05, 3.63) is 187 Å². The number of ether oxygens (including phenoxy) is 2. The number of aryl methyl sites for hydroxylation is 1. The zero-order valence-electron chi connectivity index (χ0n) is 32.0. The van der Waals surface area contributed by atoms with E-state index in [1.807, 2.05) is 0 Å². The van der Waals surface area contributed by atoms with Crippen molar-refractivity contribution in [2.75, 3.05) is 0 Å². The number of nitrogens with zero attached hydrogens (tertiary/aromatic N) is 1. The minimum absolute atomic E-state index is 0.116. The summed E-state index contributed by atoms with van der Waals surface area (Å²) in [7, 11) is 0. The highest BCUT2D eigenvalue weighted by Crippen LogP contribution is 2.44. The summed E-state index contributed by atoms with van der Waals surface area (Å²) in [5.74, 6) is 4.23. The van der Waals surface area contributed by atoms with Crippen LogP contribution >= 0.6 is 0 Å². The van der Waals surface area contributed by atoms with Gasteiger partial charge in [0.25, 0.3) is 6.71 Å². The highest BCUT2D eigenvalue weighted by atomic mass is 16.5. The highest BCUT2D eigenvalue weighted by molar-refractivity contribution is 6.98. The maximum atomic E-state index is 7.17. The third kappa shape index (κ3) is 4.98. The number of benzene rings is 8. The molecule has 0 atom stereocenters. The van der Waals surface area contributed by atoms with Crippen LogP contribution < -0.4 is 25.9 Å². The van der Waals surface area contributed by atoms with Crippen LogP contribution in [0.1, 0.15) is 17.7 Å². The fourth-order valence-electron chi connectivity index (χ4n) is 9.84. The lowest BCUT2D eigenvalue weighted by molar-refractivity contribution is 0.465. The summed E-state index contributed by atoms with van der Waals surface area (Å²) in [6, 6.07) is 60.9. The predicted octanol–water partition coefficient (Wildman–Crippen LogP) is 12.2. The molecule has 2 aliphatic heterocycles. The van der Waals surface area contributed by atoms with Gasteiger partial charge in [-0.2, -0.15) is 0 Å². The zero-order valence-corrected chi connectivity index (χ0v) is 32.0. The maximum absolute atomic E-state index is 7.17. The third-order valence-corrected chi connectivity index (χ3v) is 12.5. The van der Waals surface area contributed by atoms with Gasteiger partial charge in [0.15, 0.2) is 0 Å². The van der Waals surface area contributed by atoms with Crippen LogP contribution in [-0.2, 0) is 6.42 Å². The van der Waals surface area contributed by atoms with E-state index in [1.165, 1.54) is 27.5 Å². The van der Waals surface area contributed by atoms with Crippen molar-refractivity contribution in [2.24, 2.45) is 0 Å². The Morgan fingerprint density at radius 2 is 1.03 bits per heavy atom. The second-order valence-corrected chi connectivity index (χ2v) is 15.9. The Morgan fingerprint density at radius 1 is 0.458 bits per heavy atom. The van der Waals surface area contributed by atoms with Gasteiger partial charge in [0.05, 0.1) is 11.0 Å². The Labute approximate surface area is 341 Å². The van der Waals surface area contributed by atoms with E-state index in [-0.39, 0.29) is 6.71 Å². The number of hydrogen-bond donors (Lipinski definition) is 0. The van der Waals surface area contributed by atoms with E-state index in [0.29, 0.717) is 0 Å². The summed E-state index contributed by atoms with van der Waals surface area (Å²) < 4.78 is 23.0. The van der Waals surface area contributed by atoms with Gasteiger partial charge in [0.2, 0.25) is 0 Å². The van der Waals surface area contributed by atoms with Gasteiger partial charge in [-0.15, -0.1) is 0 Å². The van der Waals surface area contributed by atoms with Crippen LogP contribution in [0.15, 0.2) is 180 Å². The first-order chi connectivity index (χ1) is 29.2. The molecule has 0 saturated heterocycles. The van der Waals surface area contributed by atoms with Gasteiger partial charge in [-0.3, -0.25) is 0 Å². The molecule has 4 nitrogen and oxygen atoms in total. The molecule has 0 bridgehead atoms.